The van der Waals surface area contributed by atoms with Crippen LogP contribution in [0.1, 0.15) is 6.92 Å². The number of anilines is 3. The molecule has 3 aromatic heterocycles. The van der Waals surface area contributed by atoms with E-state index in [1.165, 1.54) is 25.0 Å². The van der Waals surface area contributed by atoms with E-state index >= 15 is 0 Å². The minimum atomic E-state index is -2.19. The average Bonchev–Trinajstić information content (AvgIpc) is 3.51. The third-order valence-corrected chi connectivity index (χ3v) is 5.86. The van der Waals surface area contributed by atoms with Crippen molar-refractivity contribution in [1.82, 2.24) is 19.9 Å². The van der Waals surface area contributed by atoms with Gasteiger partial charge in [0.2, 0.25) is 5.88 Å². The highest BCUT2D eigenvalue weighted by Crippen LogP contribution is 2.27. The average molecular weight is 493 g/mol. The Bertz CT molecular complexity index is 1450. The SMILES string of the molecule is COc1cc(-n2ccc(N3CCO[C@H](C(C)(O)C(=O)Nc4ccc5c(N)noc5c4)C3=O)n2)ccn1. The van der Waals surface area contributed by atoms with Crippen molar-refractivity contribution < 1.29 is 28.7 Å². The van der Waals surface area contributed by atoms with E-state index in [2.05, 4.69) is 20.6 Å². The Labute approximate surface area is 204 Å². The molecule has 0 aliphatic carbocycles. The number of carbonyl (C=O) groups excluding carboxylic acids is 2. The summed E-state index contributed by atoms with van der Waals surface area (Å²) in [5.41, 5.74) is 4.90. The summed E-state index contributed by atoms with van der Waals surface area (Å²) < 4.78 is 17.4. The fourth-order valence-electron chi connectivity index (χ4n) is 3.88. The van der Waals surface area contributed by atoms with Crippen LogP contribution in [0.5, 0.6) is 5.88 Å². The fourth-order valence-corrected chi connectivity index (χ4v) is 3.88. The Hall–Kier alpha value is -4.49. The number of aromatic nitrogens is 4. The number of nitrogens with zero attached hydrogens (tertiary/aromatic N) is 5. The van der Waals surface area contributed by atoms with E-state index in [0.29, 0.717) is 34.0 Å². The molecule has 1 aliphatic rings. The van der Waals surface area contributed by atoms with Crippen LogP contribution in [-0.4, -0.2) is 68.8 Å². The van der Waals surface area contributed by atoms with Crippen LogP contribution in [0, 0.1) is 0 Å². The zero-order chi connectivity index (χ0) is 25.4. The van der Waals surface area contributed by atoms with Gasteiger partial charge in [-0.3, -0.25) is 14.5 Å². The molecule has 2 amide bonds. The molecule has 13 nitrogen and oxygen atoms in total. The number of nitrogens with two attached hydrogens (primary N) is 1. The molecule has 2 atom stereocenters. The van der Waals surface area contributed by atoms with Gasteiger partial charge in [-0.1, -0.05) is 5.16 Å². The van der Waals surface area contributed by atoms with Crippen molar-refractivity contribution >= 4 is 40.1 Å². The number of nitrogens with one attached hydrogen (secondary N) is 1. The quantitative estimate of drug-likeness (QED) is 0.353. The Morgan fingerprint density at radius 1 is 1.31 bits per heavy atom. The van der Waals surface area contributed by atoms with E-state index in [1.807, 2.05) is 0 Å². The van der Waals surface area contributed by atoms with Crippen molar-refractivity contribution in [1.29, 1.82) is 0 Å². The molecule has 0 spiro atoms. The van der Waals surface area contributed by atoms with Gasteiger partial charge in [-0.25, -0.2) is 9.67 Å². The number of pyridine rings is 1. The van der Waals surface area contributed by atoms with Gasteiger partial charge in [-0.15, -0.1) is 5.10 Å². The lowest BCUT2D eigenvalue weighted by molar-refractivity contribution is -0.165. The first kappa shape index (κ1) is 23.3. The van der Waals surface area contributed by atoms with Gasteiger partial charge in [0.25, 0.3) is 11.8 Å². The van der Waals surface area contributed by atoms with Crippen LogP contribution in [0.2, 0.25) is 0 Å². The largest absolute Gasteiger partial charge is 0.481 e. The Morgan fingerprint density at radius 2 is 2.14 bits per heavy atom. The molecule has 4 N–H and O–H groups in total. The molecular formula is C23H23N7O6. The van der Waals surface area contributed by atoms with Crippen LogP contribution in [0.15, 0.2) is 53.3 Å². The molecule has 1 aromatic carbocycles. The maximum absolute atomic E-state index is 13.3. The Balaban J connectivity index is 1.33. The van der Waals surface area contributed by atoms with E-state index < -0.39 is 23.5 Å². The molecule has 186 valence electrons. The molecule has 1 aliphatic heterocycles. The van der Waals surface area contributed by atoms with Crippen molar-refractivity contribution in [3.05, 3.63) is 48.8 Å². The van der Waals surface area contributed by atoms with Crippen LogP contribution in [0.3, 0.4) is 0 Å². The second kappa shape index (κ2) is 8.94. The number of morpholine rings is 1. The van der Waals surface area contributed by atoms with Crippen LogP contribution in [0.25, 0.3) is 16.7 Å². The minimum Gasteiger partial charge on any atom is -0.481 e. The van der Waals surface area contributed by atoms with Gasteiger partial charge in [0.05, 0.1) is 31.3 Å². The first-order valence-electron chi connectivity index (χ1n) is 11.0. The third-order valence-electron chi connectivity index (χ3n) is 5.86. The molecule has 5 rings (SSSR count). The molecular weight excluding hydrogens is 470 g/mol. The molecule has 1 fully saturated rings. The summed E-state index contributed by atoms with van der Waals surface area (Å²) in [5.74, 6) is -0.447. The number of hydrogen-bond acceptors (Lipinski definition) is 10. The molecule has 36 heavy (non-hydrogen) atoms. The molecule has 0 radical (unpaired) electrons. The summed E-state index contributed by atoms with van der Waals surface area (Å²) in [5, 5.41) is 22.4. The fraction of sp³-hybridized carbons (Fsp3) is 0.261. The van der Waals surface area contributed by atoms with E-state index in [9.17, 15) is 14.7 Å². The van der Waals surface area contributed by atoms with Crippen LogP contribution >= 0.6 is 0 Å². The van der Waals surface area contributed by atoms with Gasteiger partial charge < -0.3 is 30.2 Å². The van der Waals surface area contributed by atoms with Gasteiger partial charge in [0.15, 0.2) is 28.9 Å². The maximum atomic E-state index is 13.3. The number of methoxy groups -OCH3 is 1. The van der Waals surface area contributed by atoms with E-state index in [4.69, 9.17) is 19.7 Å². The number of hydrogen-bond donors (Lipinski definition) is 3. The molecule has 0 saturated carbocycles. The van der Waals surface area contributed by atoms with Gasteiger partial charge in [0, 0.05) is 36.3 Å². The highest BCUT2D eigenvalue weighted by Gasteiger charge is 2.48. The highest BCUT2D eigenvalue weighted by atomic mass is 16.5. The number of carbonyl (C=O) groups is 2. The lowest BCUT2D eigenvalue weighted by Gasteiger charge is -2.37. The number of ether oxygens (including phenoxy) is 2. The molecule has 4 heterocycles. The van der Waals surface area contributed by atoms with Crippen molar-refractivity contribution in [2.75, 3.05) is 36.2 Å². The zero-order valence-corrected chi connectivity index (χ0v) is 19.4. The van der Waals surface area contributed by atoms with Crippen LogP contribution in [0.4, 0.5) is 17.3 Å². The molecule has 13 heteroatoms. The summed E-state index contributed by atoms with van der Waals surface area (Å²) in [6, 6.07) is 9.82. The molecule has 4 aromatic rings. The number of rotatable bonds is 6. The number of aliphatic hydroxyl groups is 1. The van der Waals surface area contributed by atoms with Crippen LogP contribution < -0.4 is 20.7 Å². The predicted molar refractivity (Wildman–Crippen MR) is 128 cm³/mol. The van der Waals surface area contributed by atoms with Crippen LogP contribution in [-0.2, 0) is 14.3 Å². The van der Waals surface area contributed by atoms with Gasteiger partial charge in [0.1, 0.15) is 0 Å². The second-order valence-corrected chi connectivity index (χ2v) is 8.30. The van der Waals surface area contributed by atoms with Crippen molar-refractivity contribution in [3.8, 4) is 11.6 Å². The standard InChI is InChI=1S/C23H23N7O6/c1-23(33,22(32)26-13-3-4-15-16(11-13)36-28-20(15)24)19-21(31)29(9-10-35-19)17-6-8-30(27-17)14-5-7-25-18(12-14)34-2/h3-8,11-12,19,33H,9-10H2,1-2H3,(H2,24,28)(H,26,32)/t19-,23?/m0/s1. The first-order chi connectivity index (χ1) is 17.3. The van der Waals surface area contributed by atoms with E-state index in [1.54, 1.807) is 47.4 Å². The van der Waals surface area contributed by atoms with E-state index in [0.717, 1.165) is 0 Å². The maximum Gasteiger partial charge on any atom is 0.260 e. The Kier molecular flexibility index (Phi) is 5.78. The normalized spacial score (nSPS) is 17.7. The van der Waals surface area contributed by atoms with Gasteiger partial charge in [-0.2, -0.15) is 0 Å². The zero-order valence-electron chi connectivity index (χ0n) is 19.4. The first-order valence-corrected chi connectivity index (χ1v) is 11.0. The summed E-state index contributed by atoms with van der Waals surface area (Å²) in [7, 11) is 1.51. The number of fused-ring (bicyclic) bond motifs is 1. The second-order valence-electron chi connectivity index (χ2n) is 8.30. The minimum absolute atomic E-state index is 0.0963. The number of nitrogen functional groups attached to an aromatic ring is 1. The lowest BCUT2D eigenvalue weighted by Crippen LogP contribution is -2.61. The predicted octanol–water partition coefficient (Wildman–Crippen LogP) is 1.12. The van der Waals surface area contributed by atoms with Crippen molar-refractivity contribution in [2.45, 2.75) is 18.6 Å². The molecule has 1 unspecified atom stereocenters. The highest BCUT2D eigenvalue weighted by molar-refractivity contribution is 6.06. The lowest BCUT2D eigenvalue weighted by atomic mass is 9.95. The van der Waals surface area contributed by atoms with E-state index in [-0.39, 0.29) is 19.0 Å². The van der Waals surface area contributed by atoms with Gasteiger partial charge in [-0.05, 0) is 25.1 Å². The smallest absolute Gasteiger partial charge is 0.260 e. The van der Waals surface area contributed by atoms with Crippen molar-refractivity contribution in [3.63, 3.8) is 0 Å². The van der Waals surface area contributed by atoms with Crippen molar-refractivity contribution in [2.24, 2.45) is 0 Å². The third kappa shape index (κ3) is 4.10. The van der Waals surface area contributed by atoms with Gasteiger partial charge >= 0.3 is 0 Å². The topological polar surface area (TPSA) is 171 Å². The molecule has 0 bridgehead atoms. The molecule has 1 saturated heterocycles. The Morgan fingerprint density at radius 3 is 2.94 bits per heavy atom. The monoisotopic (exact) mass is 493 g/mol. The summed E-state index contributed by atoms with van der Waals surface area (Å²) in [6.07, 6.45) is 1.80. The number of benzene rings is 1. The number of amides is 2. The summed E-state index contributed by atoms with van der Waals surface area (Å²) >= 11 is 0. The summed E-state index contributed by atoms with van der Waals surface area (Å²) in [4.78, 5) is 31.7. The summed E-state index contributed by atoms with van der Waals surface area (Å²) in [6.45, 7) is 1.52.